The maximum Gasteiger partial charge on any atom is 0.480 e. The Bertz CT molecular complexity index is 691. The molecule has 0 amide bonds. The van der Waals surface area contributed by atoms with Crippen LogP contribution < -0.4 is 0 Å². The lowest BCUT2D eigenvalue weighted by molar-refractivity contribution is -0.0425. The van der Waals surface area contributed by atoms with Crippen LogP contribution in [0, 0.1) is 29.1 Å². The van der Waals surface area contributed by atoms with Crippen molar-refractivity contribution >= 4 is 20.0 Å². The Morgan fingerprint density at radius 1 is 1.16 bits per heavy atom. The van der Waals surface area contributed by atoms with Crippen molar-refractivity contribution in [1.82, 2.24) is 0 Å². The van der Waals surface area contributed by atoms with E-state index in [4.69, 9.17) is 5.26 Å². The summed E-state index contributed by atoms with van der Waals surface area (Å²) in [5, 5.41) is 7.69. The van der Waals surface area contributed by atoms with Crippen molar-refractivity contribution in [1.29, 1.82) is 5.26 Å². The van der Waals surface area contributed by atoms with Crippen LogP contribution in [0.5, 0.6) is 0 Å². The normalized spacial score (nSPS) is 25.1. The molecule has 1 aliphatic rings. The monoisotopic (exact) mass is 403 g/mol. The molecule has 0 aromatic rings. The van der Waals surface area contributed by atoms with E-state index in [1.54, 1.807) is 6.92 Å². The first kappa shape index (κ1) is 22.2. The standard InChI is InChI=1S/C14H22F3N2O4S2/c1-3-11(8-10(2)9-18)12-4-6-13(7-5-12)24(20,21)19-25(22,23)14(15,16)17/h10-13H,3-8H2,1-2H3/q-1. The van der Waals surface area contributed by atoms with Crippen LogP contribution in [0.25, 0.3) is 4.13 Å². The van der Waals surface area contributed by atoms with Crippen molar-refractivity contribution in [3.8, 4) is 6.07 Å². The highest BCUT2D eigenvalue weighted by Crippen LogP contribution is 2.40. The number of hydrogen-bond donors (Lipinski definition) is 0. The molecule has 1 saturated carbocycles. The summed E-state index contributed by atoms with van der Waals surface area (Å²) in [6.45, 7) is 3.78. The van der Waals surface area contributed by atoms with Crippen molar-refractivity contribution in [3.63, 3.8) is 0 Å². The summed E-state index contributed by atoms with van der Waals surface area (Å²) in [7, 11) is -10.8. The number of halogens is 3. The average Bonchev–Trinajstić information content (AvgIpc) is 2.50. The van der Waals surface area contributed by atoms with E-state index >= 15 is 0 Å². The third kappa shape index (κ3) is 5.82. The van der Waals surface area contributed by atoms with E-state index in [-0.39, 0.29) is 30.6 Å². The smallest absolute Gasteiger partial charge is 0.428 e. The first-order valence-corrected chi connectivity index (χ1v) is 11.0. The van der Waals surface area contributed by atoms with Gasteiger partial charge >= 0.3 is 5.51 Å². The fraction of sp³-hybridized carbons (Fsp3) is 0.929. The number of rotatable bonds is 7. The minimum Gasteiger partial charge on any atom is -0.428 e. The second-order valence-corrected chi connectivity index (χ2v) is 10.2. The van der Waals surface area contributed by atoms with Gasteiger partial charge in [-0.05, 0) is 50.9 Å². The van der Waals surface area contributed by atoms with E-state index < -0.39 is 30.8 Å². The van der Waals surface area contributed by atoms with Crippen LogP contribution in [0.3, 0.4) is 0 Å². The third-order valence-corrected chi connectivity index (χ3v) is 8.22. The number of sulfonamides is 2. The van der Waals surface area contributed by atoms with Crippen molar-refractivity contribution in [3.05, 3.63) is 4.13 Å². The van der Waals surface area contributed by atoms with E-state index in [0.717, 1.165) is 6.42 Å². The molecule has 2 atom stereocenters. The highest BCUT2D eigenvalue weighted by Gasteiger charge is 2.42. The van der Waals surface area contributed by atoms with E-state index in [1.165, 1.54) is 0 Å². The van der Waals surface area contributed by atoms with Crippen LogP contribution in [-0.2, 0) is 20.0 Å². The lowest BCUT2D eigenvalue weighted by atomic mass is 9.75. The molecular formula is C14H22F3N2O4S2-. The summed E-state index contributed by atoms with van der Waals surface area (Å²) in [5.41, 5.74) is -5.72. The van der Waals surface area contributed by atoms with Gasteiger partial charge in [0, 0.05) is 11.2 Å². The van der Waals surface area contributed by atoms with Gasteiger partial charge < -0.3 is 4.13 Å². The maximum atomic E-state index is 12.3. The molecule has 0 heterocycles. The topological polar surface area (TPSA) is 106 Å². The first-order chi connectivity index (χ1) is 11.3. The molecule has 2 unspecified atom stereocenters. The first-order valence-electron chi connectivity index (χ1n) is 8.03. The van der Waals surface area contributed by atoms with Gasteiger partial charge in [-0.25, -0.2) is 16.8 Å². The molecule has 0 aromatic heterocycles. The van der Waals surface area contributed by atoms with Crippen LogP contribution in [0.4, 0.5) is 13.2 Å². The van der Waals surface area contributed by atoms with Gasteiger partial charge in [0.25, 0.3) is 0 Å². The van der Waals surface area contributed by atoms with Crippen LogP contribution in [-0.4, -0.2) is 27.6 Å². The molecule has 6 nitrogen and oxygen atoms in total. The SMILES string of the molecule is CCC(CC(C)C#N)C1CCC(S(=O)(=O)[N-]S(=O)(=O)C(F)(F)F)CC1. The summed E-state index contributed by atoms with van der Waals surface area (Å²) in [4.78, 5) is 0. The Morgan fingerprint density at radius 2 is 1.68 bits per heavy atom. The zero-order valence-corrected chi connectivity index (χ0v) is 15.7. The summed E-state index contributed by atoms with van der Waals surface area (Å²) in [6, 6.07) is 2.16. The predicted molar refractivity (Wildman–Crippen MR) is 86.2 cm³/mol. The second kappa shape index (κ2) is 8.22. The van der Waals surface area contributed by atoms with Gasteiger partial charge in [-0.2, -0.15) is 18.4 Å². The maximum absolute atomic E-state index is 12.3. The zero-order chi connectivity index (χ0) is 19.5. The van der Waals surface area contributed by atoms with Crippen molar-refractivity contribution in [2.45, 2.75) is 63.1 Å². The van der Waals surface area contributed by atoms with Crippen LogP contribution >= 0.6 is 0 Å². The Kier molecular flexibility index (Phi) is 7.30. The van der Waals surface area contributed by atoms with Gasteiger partial charge in [-0.3, -0.25) is 0 Å². The van der Waals surface area contributed by atoms with Crippen LogP contribution in [0.1, 0.15) is 52.4 Å². The van der Waals surface area contributed by atoms with E-state index in [2.05, 4.69) is 10.2 Å². The quantitative estimate of drug-likeness (QED) is 0.645. The number of nitrogens with zero attached hydrogens (tertiary/aromatic N) is 2. The summed E-state index contributed by atoms with van der Waals surface area (Å²) >= 11 is 0. The zero-order valence-electron chi connectivity index (χ0n) is 14.0. The summed E-state index contributed by atoms with van der Waals surface area (Å²) in [5.74, 6) is 0.277. The second-order valence-electron chi connectivity index (χ2n) is 6.48. The fourth-order valence-electron chi connectivity index (χ4n) is 3.30. The third-order valence-electron chi connectivity index (χ3n) is 4.70. The Labute approximate surface area is 146 Å². The molecule has 0 N–H and O–H groups in total. The Balaban J connectivity index is 2.74. The highest BCUT2D eigenvalue weighted by molar-refractivity contribution is 8.12. The molecule has 11 heteroatoms. The van der Waals surface area contributed by atoms with Gasteiger partial charge in [0.2, 0.25) is 0 Å². The molecule has 0 radical (unpaired) electrons. The van der Waals surface area contributed by atoms with Gasteiger partial charge in [0.1, 0.15) is 0 Å². The number of nitriles is 1. The molecule has 0 aromatic carbocycles. The minimum absolute atomic E-state index is 0.0707. The molecule has 146 valence electrons. The molecular weight excluding hydrogens is 381 g/mol. The van der Waals surface area contributed by atoms with Gasteiger partial charge in [-0.1, -0.05) is 13.3 Å². The molecule has 0 aliphatic heterocycles. The van der Waals surface area contributed by atoms with Crippen molar-refractivity contribution in [2.75, 3.05) is 0 Å². The van der Waals surface area contributed by atoms with Crippen LogP contribution in [0.2, 0.25) is 0 Å². The largest absolute Gasteiger partial charge is 0.480 e. The summed E-state index contributed by atoms with van der Waals surface area (Å²) < 4.78 is 85.0. The Morgan fingerprint density at radius 3 is 2.08 bits per heavy atom. The molecule has 0 bridgehead atoms. The van der Waals surface area contributed by atoms with E-state index in [9.17, 15) is 30.0 Å². The molecule has 0 saturated heterocycles. The lowest BCUT2D eigenvalue weighted by Gasteiger charge is -2.36. The fourth-order valence-corrected chi connectivity index (χ4v) is 6.08. The molecule has 0 spiro atoms. The average molecular weight is 403 g/mol. The minimum atomic E-state index is -6.06. The lowest BCUT2D eigenvalue weighted by Crippen LogP contribution is -2.32. The van der Waals surface area contributed by atoms with E-state index in [1.807, 2.05) is 6.92 Å². The predicted octanol–water partition coefficient (Wildman–Crippen LogP) is 3.67. The van der Waals surface area contributed by atoms with Gasteiger partial charge in [-0.15, -0.1) is 0 Å². The molecule has 1 fully saturated rings. The Hall–Kier alpha value is -0.860. The van der Waals surface area contributed by atoms with Crippen molar-refractivity contribution in [2.24, 2.45) is 17.8 Å². The molecule has 1 rings (SSSR count). The summed E-state index contributed by atoms with van der Waals surface area (Å²) in [6.07, 6.45) is 2.57. The van der Waals surface area contributed by atoms with E-state index in [0.29, 0.717) is 19.3 Å². The highest BCUT2D eigenvalue weighted by atomic mass is 32.3. The molecule has 25 heavy (non-hydrogen) atoms. The number of alkyl halides is 3. The number of hydrogen-bond acceptors (Lipinski definition) is 5. The van der Waals surface area contributed by atoms with Crippen molar-refractivity contribution < 1.29 is 30.0 Å². The molecule has 1 aliphatic carbocycles. The van der Waals surface area contributed by atoms with Gasteiger partial charge in [0.15, 0.2) is 10.0 Å². The van der Waals surface area contributed by atoms with Crippen LogP contribution in [0.15, 0.2) is 0 Å². The van der Waals surface area contributed by atoms with Gasteiger partial charge in [0.05, 0.1) is 16.1 Å².